The Morgan fingerprint density at radius 3 is 2.30 bits per heavy atom. The molecular weight excluding hydrogens is 304 g/mol. The van der Waals surface area contributed by atoms with E-state index in [1.807, 2.05) is 0 Å². The third-order valence-corrected chi connectivity index (χ3v) is 3.14. The largest absolute Gasteiger partial charge is 0.483 e. The van der Waals surface area contributed by atoms with Crippen molar-refractivity contribution in [1.29, 1.82) is 0 Å². The summed E-state index contributed by atoms with van der Waals surface area (Å²) < 4.78 is 5.46. The van der Waals surface area contributed by atoms with Gasteiger partial charge in [0, 0.05) is 23.9 Å². The summed E-state index contributed by atoms with van der Waals surface area (Å²) in [5.74, 6) is 0.841. The fraction of sp³-hybridized carbons (Fsp3) is 0.0714. The number of non-ortho nitro benzene ring substituents is 2. The fourth-order valence-electron chi connectivity index (χ4n) is 2.05. The van der Waals surface area contributed by atoms with Crippen molar-refractivity contribution in [2.75, 3.05) is 11.9 Å². The lowest BCUT2D eigenvalue weighted by atomic mass is 10.2. The highest BCUT2D eigenvalue weighted by Crippen LogP contribution is 2.34. The van der Waals surface area contributed by atoms with Crippen LogP contribution in [0, 0.1) is 20.2 Å². The highest BCUT2D eigenvalue weighted by Gasteiger charge is 2.17. The van der Waals surface area contributed by atoms with Crippen molar-refractivity contribution >= 4 is 28.6 Å². The van der Waals surface area contributed by atoms with Gasteiger partial charge in [-0.25, -0.2) is 4.99 Å². The summed E-state index contributed by atoms with van der Waals surface area (Å²) in [6, 6.07) is 10.1. The van der Waals surface area contributed by atoms with E-state index in [4.69, 9.17) is 4.74 Å². The number of nitrogens with one attached hydrogen (secondary N) is 1. The third-order valence-electron chi connectivity index (χ3n) is 3.14. The SMILES string of the molecule is O=[N+]([O-])c1ccc(NC2=Nc3ccc([N+](=O)[O-])cc3OC2)cc1. The predicted molar refractivity (Wildman–Crippen MR) is 82.4 cm³/mol. The molecular formula is C14H10N4O5. The van der Waals surface area contributed by atoms with Crippen LogP contribution in [0.5, 0.6) is 5.75 Å². The zero-order valence-electron chi connectivity index (χ0n) is 11.6. The molecule has 0 amide bonds. The number of hydrogen-bond donors (Lipinski definition) is 1. The maximum absolute atomic E-state index is 10.7. The van der Waals surface area contributed by atoms with Crippen molar-refractivity contribution < 1.29 is 14.6 Å². The second-order valence-electron chi connectivity index (χ2n) is 4.69. The number of ether oxygens (including phenoxy) is 1. The molecule has 0 saturated heterocycles. The lowest BCUT2D eigenvalue weighted by Crippen LogP contribution is -2.23. The topological polar surface area (TPSA) is 120 Å². The Bertz CT molecular complexity index is 816. The minimum Gasteiger partial charge on any atom is -0.483 e. The molecule has 2 aromatic carbocycles. The van der Waals surface area contributed by atoms with Crippen LogP contribution in [0.4, 0.5) is 22.7 Å². The minimum atomic E-state index is -0.502. The molecule has 1 N–H and O–H groups in total. The van der Waals surface area contributed by atoms with E-state index in [0.29, 0.717) is 23.0 Å². The van der Waals surface area contributed by atoms with Gasteiger partial charge in [0.1, 0.15) is 18.1 Å². The molecule has 2 aromatic rings. The monoisotopic (exact) mass is 314 g/mol. The number of nitro groups is 2. The molecule has 0 fully saturated rings. The zero-order chi connectivity index (χ0) is 16.4. The maximum Gasteiger partial charge on any atom is 0.273 e. The van der Waals surface area contributed by atoms with E-state index in [1.165, 1.54) is 30.3 Å². The molecule has 23 heavy (non-hydrogen) atoms. The lowest BCUT2D eigenvalue weighted by Gasteiger charge is -2.17. The molecule has 0 aromatic heterocycles. The first kappa shape index (κ1) is 14.4. The summed E-state index contributed by atoms with van der Waals surface area (Å²) >= 11 is 0. The quantitative estimate of drug-likeness (QED) is 0.686. The number of amidine groups is 1. The number of anilines is 1. The summed E-state index contributed by atoms with van der Waals surface area (Å²) in [4.78, 5) is 24.7. The van der Waals surface area contributed by atoms with Crippen molar-refractivity contribution in [1.82, 2.24) is 0 Å². The average molecular weight is 314 g/mol. The van der Waals surface area contributed by atoms with Crippen LogP contribution in [0.2, 0.25) is 0 Å². The lowest BCUT2D eigenvalue weighted by molar-refractivity contribution is -0.385. The van der Waals surface area contributed by atoms with Gasteiger partial charge >= 0.3 is 0 Å². The molecule has 1 aliphatic rings. The van der Waals surface area contributed by atoms with Crippen LogP contribution in [-0.2, 0) is 0 Å². The second kappa shape index (κ2) is 5.72. The van der Waals surface area contributed by atoms with Gasteiger partial charge in [0.15, 0.2) is 5.75 Å². The number of fused-ring (bicyclic) bond motifs is 1. The van der Waals surface area contributed by atoms with Crippen LogP contribution in [0.15, 0.2) is 47.5 Å². The van der Waals surface area contributed by atoms with Gasteiger partial charge in [-0.05, 0) is 18.2 Å². The summed E-state index contributed by atoms with van der Waals surface area (Å²) in [5, 5.41) is 24.3. The molecule has 0 unspecified atom stereocenters. The molecule has 1 aliphatic heterocycles. The summed E-state index contributed by atoms with van der Waals surface area (Å²) in [5.41, 5.74) is 1.04. The Kier molecular flexibility index (Phi) is 3.59. The van der Waals surface area contributed by atoms with Gasteiger partial charge in [0.2, 0.25) is 0 Å². The summed E-state index contributed by atoms with van der Waals surface area (Å²) in [6.07, 6.45) is 0. The Morgan fingerprint density at radius 2 is 1.65 bits per heavy atom. The Labute approximate surface area is 129 Å². The maximum atomic E-state index is 10.7. The first-order valence-electron chi connectivity index (χ1n) is 6.53. The molecule has 0 saturated carbocycles. The molecule has 0 radical (unpaired) electrons. The van der Waals surface area contributed by atoms with Crippen LogP contribution in [0.1, 0.15) is 0 Å². The van der Waals surface area contributed by atoms with Crippen LogP contribution in [0.25, 0.3) is 0 Å². The number of nitro benzene ring substituents is 2. The van der Waals surface area contributed by atoms with Gasteiger partial charge in [-0.3, -0.25) is 20.2 Å². The molecule has 3 rings (SSSR count). The van der Waals surface area contributed by atoms with E-state index in [1.54, 1.807) is 12.1 Å². The molecule has 9 heteroatoms. The van der Waals surface area contributed by atoms with Gasteiger partial charge < -0.3 is 10.1 Å². The second-order valence-corrected chi connectivity index (χ2v) is 4.69. The molecule has 116 valence electrons. The first-order valence-corrected chi connectivity index (χ1v) is 6.53. The van der Waals surface area contributed by atoms with Crippen molar-refractivity contribution in [2.24, 2.45) is 4.99 Å². The zero-order valence-corrected chi connectivity index (χ0v) is 11.6. The standard InChI is InChI=1S/C14H10N4O5/c19-17(20)10-3-1-9(2-4-10)15-14-8-23-13-7-11(18(21)22)5-6-12(13)16-14/h1-7H,8H2,(H,15,16). The average Bonchev–Trinajstić information content (AvgIpc) is 2.54. The highest BCUT2D eigenvalue weighted by atomic mass is 16.6. The molecule has 0 aliphatic carbocycles. The number of rotatable bonds is 3. The van der Waals surface area contributed by atoms with E-state index in [-0.39, 0.29) is 18.0 Å². The van der Waals surface area contributed by atoms with Gasteiger partial charge in [0.05, 0.1) is 15.9 Å². The Morgan fingerprint density at radius 1 is 1.00 bits per heavy atom. The van der Waals surface area contributed by atoms with Crippen molar-refractivity contribution in [3.05, 3.63) is 62.7 Å². The number of hydrogen-bond acceptors (Lipinski definition) is 7. The van der Waals surface area contributed by atoms with Crippen molar-refractivity contribution in [3.8, 4) is 5.75 Å². The van der Waals surface area contributed by atoms with Crippen LogP contribution in [0.3, 0.4) is 0 Å². The minimum absolute atomic E-state index is 0.00459. The Balaban J connectivity index is 1.79. The van der Waals surface area contributed by atoms with E-state index >= 15 is 0 Å². The molecule has 1 heterocycles. The molecule has 9 nitrogen and oxygen atoms in total. The first-order chi connectivity index (χ1) is 11.0. The summed E-state index contributed by atoms with van der Waals surface area (Å²) in [7, 11) is 0. The van der Waals surface area contributed by atoms with Gasteiger partial charge in [0.25, 0.3) is 11.4 Å². The van der Waals surface area contributed by atoms with Gasteiger partial charge in [-0.2, -0.15) is 0 Å². The van der Waals surface area contributed by atoms with Crippen LogP contribution in [-0.4, -0.2) is 22.3 Å². The fourth-order valence-corrected chi connectivity index (χ4v) is 2.05. The predicted octanol–water partition coefficient (Wildman–Crippen LogP) is 3.04. The number of aliphatic imine (C=N–C) groups is 1. The number of benzene rings is 2. The Hall–Kier alpha value is -3.49. The highest BCUT2D eigenvalue weighted by molar-refractivity contribution is 5.99. The third kappa shape index (κ3) is 3.07. The van der Waals surface area contributed by atoms with E-state index in [9.17, 15) is 20.2 Å². The van der Waals surface area contributed by atoms with E-state index in [0.717, 1.165) is 0 Å². The normalized spacial score (nSPS) is 12.6. The van der Waals surface area contributed by atoms with Crippen molar-refractivity contribution in [2.45, 2.75) is 0 Å². The number of nitrogens with zero attached hydrogens (tertiary/aromatic N) is 3. The van der Waals surface area contributed by atoms with Gasteiger partial charge in [-0.1, -0.05) is 0 Å². The van der Waals surface area contributed by atoms with Crippen LogP contribution >= 0.6 is 0 Å². The summed E-state index contributed by atoms with van der Waals surface area (Å²) in [6.45, 7) is 0.116. The van der Waals surface area contributed by atoms with E-state index < -0.39 is 9.85 Å². The van der Waals surface area contributed by atoms with Crippen molar-refractivity contribution in [3.63, 3.8) is 0 Å². The molecule has 0 bridgehead atoms. The van der Waals surface area contributed by atoms with Gasteiger partial charge in [-0.15, -0.1) is 0 Å². The smallest absolute Gasteiger partial charge is 0.273 e. The molecule has 0 atom stereocenters. The van der Waals surface area contributed by atoms with E-state index in [2.05, 4.69) is 10.3 Å². The molecule has 0 spiro atoms. The van der Waals surface area contributed by atoms with Crippen LogP contribution < -0.4 is 10.1 Å².